The maximum absolute atomic E-state index is 8.67. The van der Waals surface area contributed by atoms with Crippen molar-refractivity contribution in [2.45, 2.75) is 56.9 Å². The second-order valence-electron chi connectivity index (χ2n) is 4.76. The molecule has 1 saturated carbocycles. The number of hydrogen-bond donors (Lipinski definition) is 3. The van der Waals surface area contributed by atoms with Crippen molar-refractivity contribution >= 4 is 0 Å². The summed E-state index contributed by atoms with van der Waals surface area (Å²) in [6.07, 6.45) is 9.69. The van der Waals surface area contributed by atoms with Crippen LogP contribution in [-0.2, 0) is 0 Å². The zero-order chi connectivity index (χ0) is 11.0. The van der Waals surface area contributed by atoms with E-state index in [4.69, 9.17) is 10.8 Å². The fourth-order valence-electron chi connectivity index (χ4n) is 2.45. The molecule has 0 atom stereocenters. The first-order valence-electron chi connectivity index (χ1n) is 6.39. The summed E-state index contributed by atoms with van der Waals surface area (Å²) >= 11 is 0. The molecule has 4 N–H and O–H groups in total. The van der Waals surface area contributed by atoms with Gasteiger partial charge in [0.15, 0.2) is 0 Å². The Balaban J connectivity index is 2.15. The zero-order valence-electron chi connectivity index (χ0n) is 9.80. The molecule has 0 heterocycles. The van der Waals surface area contributed by atoms with E-state index in [-0.39, 0.29) is 5.54 Å². The molecule has 0 aromatic carbocycles. The van der Waals surface area contributed by atoms with Crippen LogP contribution in [0.25, 0.3) is 0 Å². The first-order chi connectivity index (χ1) is 7.33. The van der Waals surface area contributed by atoms with Crippen LogP contribution in [0.4, 0.5) is 0 Å². The summed E-state index contributed by atoms with van der Waals surface area (Å²) in [6.45, 7) is 2.15. The number of nitrogens with two attached hydrogens (primary N) is 1. The maximum atomic E-state index is 8.67. The Morgan fingerprint density at radius 1 is 1.07 bits per heavy atom. The van der Waals surface area contributed by atoms with Gasteiger partial charge in [0, 0.05) is 18.7 Å². The summed E-state index contributed by atoms with van der Waals surface area (Å²) in [6, 6.07) is 0. The second kappa shape index (κ2) is 7.20. The van der Waals surface area contributed by atoms with E-state index in [1.165, 1.54) is 32.1 Å². The van der Waals surface area contributed by atoms with Gasteiger partial charge >= 0.3 is 0 Å². The van der Waals surface area contributed by atoms with Crippen molar-refractivity contribution in [3.05, 3.63) is 0 Å². The number of rotatable bonds is 7. The molecule has 1 rings (SSSR count). The van der Waals surface area contributed by atoms with E-state index in [0.717, 1.165) is 32.4 Å². The third-order valence-electron chi connectivity index (χ3n) is 3.54. The molecule has 1 aliphatic rings. The number of nitrogens with one attached hydrogen (secondary N) is 1. The average molecular weight is 214 g/mol. The molecular formula is C12H26N2O. The standard InChI is InChI=1S/C12H26N2O/c13-11-12(7-3-1-4-8-12)14-9-5-2-6-10-15/h14-15H,1-11,13H2. The molecule has 0 saturated heterocycles. The summed E-state index contributed by atoms with van der Waals surface area (Å²) in [5.41, 5.74) is 6.11. The Morgan fingerprint density at radius 2 is 1.80 bits per heavy atom. The molecule has 1 aliphatic carbocycles. The van der Waals surface area contributed by atoms with Crippen LogP contribution >= 0.6 is 0 Å². The fraction of sp³-hybridized carbons (Fsp3) is 1.00. The lowest BCUT2D eigenvalue weighted by molar-refractivity contribution is 0.235. The Bertz CT molecular complexity index is 156. The molecule has 90 valence electrons. The van der Waals surface area contributed by atoms with Crippen LogP contribution < -0.4 is 11.1 Å². The van der Waals surface area contributed by atoms with Crippen molar-refractivity contribution in [2.24, 2.45) is 5.73 Å². The lowest BCUT2D eigenvalue weighted by Crippen LogP contribution is -2.52. The fourth-order valence-corrected chi connectivity index (χ4v) is 2.45. The Kier molecular flexibility index (Phi) is 6.22. The van der Waals surface area contributed by atoms with Crippen molar-refractivity contribution in [2.75, 3.05) is 19.7 Å². The quantitative estimate of drug-likeness (QED) is 0.561. The molecule has 0 bridgehead atoms. The Morgan fingerprint density at radius 3 is 2.40 bits per heavy atom. The number of aliphatic hydroxyl groups is 1. The number of unbranched alkanes of at least 4 members (excludes halogenated alkanes) is 2. The minimum atomic E-state index is 0.234. The van der Waals surface area contributed by atoms with Gasteiger partial charge in [-0.15, -0.1) is 0 Å². The van der Waals surface area contributed by atoms with Crippen LogP contribution in [0.5, 0.6) is 0 Å². The highest BCUT2D eigenvalue weighted by molar-refractivity contribution is 4.91. The van der Waals surface area contributed by atoms with Gasteiger partial charge < -0.3 is 16.2 Å². The van der Waals surface area contributed by atoms with Crippen LogP contribution in [0.3, 0.4) is 0 Å². The first-order valence-corrected chi connectivity index (χ1v) is 6.39. The molecular weight excluding hydrogens is 188 g/mol. The molecule has 0 unspecified atom stereocenters. The highest BCUT2D eigenvalue weighted by atomic mass is 16.2. The van der Waals surface area contributed by atoms with Gasteiger partial charge in [-0.1, -0.05) is 19.3 Å². The van der Waals surface area contributed by atoms with Crippen LogP contribution in [0.1, 0.15) is 51.4 Å². The van der Waals surface area contributed by atoms with Gasteiger partial charge in [-0.25, -0.2) is 0 Å². The van der Waals surface area contributed by atoms with Crippen molar-refractivity contribution in [1.29, 1.82) is 0 Å². The van der Waals surface area contributed by atoms with E-state index in [1.54, 1.807) is 0 Å². The van der Waals surface area contributed by atoms with Gasteiger partial charge in [0.1, 0.15) is 0 Å². The first kappa shape index (κ1) is 12.9. The predicted octanol–water partition coefficient (Wildman–Crippen LogP) is 1.40. The SMILES string of the molecule is NCC1(NCCCCCO)CCCCC1. The third-order valence-corrected chi connectivity index (χ3v) is 3.54. The van der Waals surface area contributed by atoms with Gasteiger partial charge in [0.25, 0.3) is 0 Å². The van der Waals surface area contributed by atoms with Crippen LogP contribution in [0, 0.1) is 0 Å². The van der Waals surface area contributed by atoms with Crippen LogP contribution in [0.2, 0.25) is 0 Å². The molecule has 0 aromatic heterocycles. The summed E-state index contributed by atoms with van der Waals surface area (Å²) in [4.78, 5) is 0. The van der Waals surface area contributed by atoms with Crippen LogP contribution in [-0.4, -0.2) is 30.3 Å². The van der Waals surface area contributed by atoms with Crippen molar-refractivity contribution in [3.8, 4) is 0 Å². The zero-order valence-corrected chi connectivity index (χ0v) is 9.80. The Labute approximate surface area is 93.4 Å². The van der Waals surface area contributed by atoms with E-state index in [2.05, 4.69) is 5.32 Å². The summed E-state index contributed by atoms with van der Waals surface area (Å²) in [7, 11) is 0. The van der Waals surface area contributed by atoms with Crippen LogP contribution in [0.15, 0.2) is 0 Å². The number of hydrogen-bond acceptors (Lipinski definition) is 3. The van der Waals surface area contributed by atoms with E-state index in [1.807, 2.05) is 0 Å². The Hall–Kier alpha value is -0.120. The average Bonchev–Trinajstić information content (AvgIpc) is 2.30. The van der Waals surface area contributed by atoms with Gasteiger partial charge in [-0.2, -0.15) is 0 Å². The van der Waals surface area contributed by atoms with E-state index < -0.39 is 0 Å². The third kappa shape index (κ3) is 4.49. The molecule has 1 fully saturated rings. The minimum absolute atomic E-state index is 0.234. The molecule has 0 amide bonds. The van der Waals surface area contributed by atoms with Crippen molar-refractivity contribution in [3.63, 3.8) is 0 Å². The summed E-state index contributed by atoms with van der Waals surface area (Å²) in [5.74, 6) is 0. The second-order valence-corrected chi connectivity index (χ2v) is 4.76. The molecule has 0 aliphatic heterocycles. The van der Waals surface area contributed by atoms with E-state index >= 15 is 0 Å². The lowest BCUT2D eigenvalue weighted by Gasteiger charge is -2.37. The van der Waals surface area contributed by atoms with Gasteiger partial charge in [0.05, 0.1) is 0 Å². The summed E-state index contributed by atoms with van der Waals surface area (Å²) < 4.78 is 0. The predicted molar refractivity (Wildman–Crippen MR) is 63.8 cm³/mol. The molecule has 3 nitrogen and oxygen atoms in total. The molecule has 0 radical (unpaired) electrons. The van der Waals surface area contributed by atoms with Crippen molar-refractivity contribution < 1.29 is 5.11 Å². The highest BCUT2D eigenvalue weighted by Gasteiger charge is 2.29. The maximum Gasteiger partial charge on any atom is 0.0431 e. The monoisotopic (exact) mass is 214 g/mol. The van der Waals surface area contributed by atoms with E-state index in [0.29, 0.717) is 6.61 Å². The molecule has 3 heteroatoms. The largest absolute Gasteiger partial charge is 0.396 e. The summed E-state index contributed by atoms with van der Waals surface area (Å²) in [5, 5.41) is 12.3. The van der Waals surface area contributed by atoms with Gasteiger partial charge in [-0.3, -0.25) is 0 Å². The topological polar surface area (TPSA) is 58.3 Å². The lowest BCUT2D eigenvalue weighted by atomic mass is 9.81. The van der Waals surface area contributed by atoms with Gasteiger partial charge in [0.2, 0.25) is 0 Å². The molecule has 0 aromatic rings. The highest BCUT2D eigenvalue weighted by Crippen LogP contribution is 2.27. The van der Waals surface area contributed by atoms with Crippen molar-refractivity contribution in [1.82, 2.24) is 5.32 Å². The normalized spacial score (nSPS) is 20.4. The van der Waals surface area contributed by atoms with E-state index in [9.17, 15) is 0 Å². The number of aliphatic hydroxyl groups excluding tert-OH is 1. The minimum Gasteiger partial charge on any atom is -0.396 e. The molecule has 0 spiro atoms. The molecule has 15 heavy (non-hydrogen) atoms. The smallest absolute Gasteiger partial charge is 0.0431 e. The van der Waals surface area contributed by atoms with Gasteiger partial charge in [-0.05, 0) is 38.6 Å².